The van der Waals surface area contributed by atoms with Crippen LogP contribution in [0, 0.1) is 11.5 Å². The van der Waals surface area contributed by atoms with Gasteiger partial charge in [-0.3, -0.25) is 4.79 Å². The third-order valence-electron chi connectivity index (χ3n) is 1.11. The van der Waals surface area contributed by atoms with Crippen LogP contribution in [-0.2, 0) is 14.3 Å². The van der Waals surface area contributed by atoms with E-state index in [1.54, 1.807) is 0 Å². The Morgan fingerprint density at radius 2 is 2.08 bits per heavy atom. The highest BCUT2D eigenvalue weighted by atomic mass is 16.6. The Morgan fingerprint density at radius 3 is 2.54 bits per heavy atom. The molecule has 0 saturated heterocycles. The van der Waals surface area contributed by atoms with Gasteiger partial charge in [0.2, 0.25) is 0 Å². The summed E-state index contributed by atoms with van der Waals surface area (Å²) < 4.78 is 9.45. The van der Waals surface area contributed by atoms with Gasteiger partial charge in [0.25, 0.3) is 6.26 Å². The average molecular weight is 185 g/mol. The molecular weight excluding hydrogens is 170 g/mol. The number of carbonyl (C=O) groups is 1. The number of rotatable bonds is 4. The average Bonchev–Trinajstić information content (AvgIpc) is 1.94. The van der Waals surface area contributed by atoms with Gasteiger partial charge in [-0.1, -0.05) is 0 Å². The van der Waals surface area contributed by atoms with Crippen LogP contribution in [0.4, 0.5) is 0 Å². The van der Waals surface area contributed by atoms with Gasteiger partial charge in [-0.25, -0.2) is 0 Å². The van der Waals surface area contributed by atoms with Gasteiger partial charge in [0.05, 0.1) is 0 Å². The van der Waals surface area contributed by atoms with Gasteiger partial charge in [0.15, 0.2) is 0 Å². The van der Waals surface area contributed by atoms with Gasteiger partial charge >= 0.3 is 5.97 Å². The quantitative estimate of drug-likeness (QED) is 0.379. The fourth-order valence-corrected chi connectivity index (χ4v) is 0.727. The van der Waals surface area contributed by atoms with Gasteiger partial charge in [0, 0.05) is 6.42 Å². The molecule has 0 aromatic carbocycles. The summed E-state index contributed by atoms with van der Waals surface area (Å²) in [6.45, 7) is 5.72. The summed E-state index contributed by atoms with van der Waals surface area (Å²) in [4.78, 5) is 11.1. The number of hydrogen-bond donors (Lipinski definition) is 0. The summed E-state index contributed by atoms with van der Waals surface area (Å²) in [5.41, 5.74) is -0.437. The van der Waals surface area contributed by atoms with E-state index in [-0.39, 0.29) is 12.6 Å². The van der Waals surface area contributed by atoms with Crippen molar-refractivity contribution >= 4 is 5.97 Å². The lowest BCUT2D eigenvalue weighted by molar-refractivity contribution is -0.155. The van der Waals surface area contributed by atoms with Crippen LogP contribution in [0.15, 0.2) is 0 Å². The van der Waals surface area contributed by atoms with Crippen molar-refractivity contribution in [2.45, 2.75) is 39.2 Å². The monoisotopic (exact) mass is 185 g/mol. The minimum Gasteiger partial charge on any atom is -0.460 e. The third-order valence-corrected chi connectivity index (χ3v) is 1.11. The largest absolute Gasteiger partial charge is 0.460 e. The molecule has 4 nitrogen and oxygen atoms in total. The molecule has 13 heavy (non-hydrogen) atoms. The molecule has 0 aromatic rings. The maximum atomic E-state index is 11.1. The van der Waals surface area contributed by atoms with E-state index in [1.165, 1.54) is 6.26 Å². The van der Waals surface area contributed by atoms with E-state index in [4.69, 9.17) is 10.00 Å². The number of carbonyl (C=O) groups excluding carboxylic acids is 1. The Hall–Kier alpha value is -1.24. The SMILES string of the molecule is CC(C)(C)OC(=O)CCCOC#N. The first-order valence-corrected chi connectivity index (χ1v) is 4.18. The lowest BCUT2D eigenvalue weighted by Crippen LogP contribution is -2.23. The molecule has 4 heteroatoms. The van der Waals surface area contributed by atoms with Crippen LogP contribution in [0.5, 0.6) is 0 Å². The summed E-state index contributed by atoms with van der Waals surface area (Å²) in [5, 5.41) is 8.03. The van der Waals surface area contributed by atoms with Crippen molar-refractivity contribution in [1.29, 1.82) is 5.26 Å². The summed E-state index contributed by atoms with van der Waals surface area (Å²) >= 11 is 0. The van der Waals surface area contributed by atoms with Gasteiger partial charge in [-0.2, -0.15) is 5.26 Å². The van der Waals surface area contributed by atoms with Gasteiger partial charge in [-0.15, -0.1) is 0 Å². The minimum absolute atomic E-state index is 0.256. The second kappa shape index (κ2) is 5.41. The van der Waals surface area contributed by atoms with Crippen LogP contribution in [0.1, 0.15) is 33.6 Å². The van der Waals surface area contributed by atoms with Gasteiger partial charge in [0.1, 0.15) is 12.2 Å². The van der Waals surface area contributed by atoms with Crippen LogP contribution in [-0.4, -0.2) is 18.2 Å². The second-order valence-corrected chi connectivity index (χ2v) is 3.63. The Kier molecular flexibility index (Phi) is 4.90. The zero-order valence-electron chi connectivity index (χ0n) is 8.29. The van der Waals surface area contributed by atoms with E-state index in [9.17, 15) is 4.79 Å². The van der Waals surface area contributed by atoms with E-state index < -0.39 is 5.60 Å². The van der Waals surface area contributed by atoms with Crippen LogP contribution < -0.4 is 0 Å². The van der Waals surface area contributed by atoms with E-state index >= 15 is 0 Å². The van der Waals surface area contributed by atoms with Gasteiger partial charge < -0.3 is 9.47 Å². The highest BCUT2D eigenvalue weighted by Crippen LogP contribution is 2.08. The highest BCUT2D eigenvalue weighted by molar-refractivity contribution is 5.69. The van der Waals surface area contributed by atoms with Crippen molar-refractivity contribution in [3.63, 3.8) is 0 Å². The number of esters is 1. The molecular formula is C9H15NO3. The Balaban J connectivity index is 3.48. The lowest BCUT2D eigenvalue weighted by atomic mass is 10.2. The molecule has 74 valence electrons. The van der Waals surface area contributed by atoms with Gasteiger partial charge in [-0.05, 0) is 27.2 Å². The summed E-state index contributed by atoms with van der Waals surface area (Å²) in [6.07, 6.45) is 2.34. The van der Waals surface area contributed by atoms with E-state index in [0.29, 0.717) is 12.8 Å². The Labute approximate surface area is 78.4 Å². The first-order chi connectivity index (χ1) is 5.95. The molecule has 0 spiro atoms. The molecule has 0 atom stereocenters. The maximum Gasteiger partial charge on any atom is 0.306 e. The Morgan fingerprint density at radius 1 is 1.46 bits per heavy atom. The van der Waals surface area contributed by atoms with Crippen molar-refractivity contribution < 1.29 is 14.3 Å². The van der Waals surface area contributed by atoms with Crippen LogP contribution in [0.25, 0.3) is 0 Å². The van der Waals surface area contributed by atoms with E-state index in [0.717, 1.165) is 0 Å². The van der Waals surface area contributed by atoms with E-state index in [1.807, 2.05) is 20.8 Å². The molecule has 0 unspecified atom stereocenters. The normalized spacial score (nSPS) is 10.3. The van der Waals surface area contributed by atoms with Crippen molar-refractivity contribution in [3.05, 3.63) is 0 Å². The molecule has 0 aliphatic carbocycles. The predicted molar refractivity (Wildman–Crippen MR) is 46.6 cm³/mol. The zero-order chi connectivity index (χ0) is 10.3. The first-order valence-electron chi connectivity index (χ1n) is 4.18. The van der Waals surface area contributed by atoms with Crippen LogP contribution >= 0.6 is 0 Å². The smallest absolute Gasteiger partial charge is 0.306 e. The molecule has 0 aromatic heterocycles. The molecule has 0 bridgehead atoms. The van der Waals surface area contributed by atoms with E-state index in [2.05, 4.69) is 4.74 Å². The fourth-order valence-electron chi connectivity index (χ4n) is 0.727. The second-order valence-electron chi connectivity index (χ2n) is 3.63. The lowest BCUT2D eigenvalue weighted by Gasteiger charge is -2.19. The van der Waals surface area contributed by atoms with Crippen molar-refractivity contribution in [1.82, 2.24) is 0 Å². The van der Waals surface area contributed by atoms with Crippen molar-refractivity contribution in [3.8, 4) is 6.26 Å². The summed E-state index contributed by atoms with van der Waals surface area (Å²) in [7, 11) is 0. The number of hydrogen-bond acceptors (Lipinski definition) is 4. The van der Waals surface area contributed by atoms with Crippen LogP contribution in [0.2, 0.25) is 0 Å². The Bertz CT molecular complexity index is 200. The summed E-state index contributed by atoms with van der Waals surface area (Å²) in [6, 6.07) is 0. The molecule has 0 amide bonds. The number of nitrogens with zero attached hydrogens (tertiary/aromatic N) is 1. The van der Waals surface area contributed by atoms with Crippen LogP contribution in [0.3, 0.4) is 0 Å². The summed E-state index contributed by atoms with van der Waals surface area (Å²) in [5.74, 6) is -0.256. The minimum atomic E-state index is -0.437. The number of nitriles is 1. The zero-order valence-corrected chi connectivity index (χ0v) is 8.29. The molecule has 0 rings (SSSR count). The maximum absolute atomic E-state index is 11.1. The molecule has 0 N–H and O–H groups in total. The first kappa shape index (κ1) is 11.8. The van der Waals surface area contributed by atoms with Crippen molar-refractivity contribution in [2.75, 3.05) is 6.61 Å². The third kappa shape index (κ3) is 8.67. The predicted octanol–water partition coefficient (Wildman–Crippen LogP) is 1.61. The standard InChI is InChI=1S/C9H15NO3/c1-9(2,3)13-8(11)5-4-6-12-7-10/h4-6H2,1-3H3. The molecule has 0 saturated carbocycles. The topological polar surface area (TPSA) is 59.3 Å². The fraction of sp³-hybridized carbons (Fsp3) is 0.778. The molecule has 0 aliphatic rings. The molecule has 0 heterocycles. The number of ether oxygens (including phenoxy) is 2. The highest BCUT2D eigenvalue weighted by Gasteiger charge is 2.15. The molecule has 0 fully saturated rings. The molecule has 0 aliphatic heterocycles. The molecule has 0 radical (unpaired) electrons. The van der Waals surface area contributed by atoms with Crippen molar-refractivity contribution in [2.24, 2.45) is 0 Å².